The third kappa shape index (κ3) is 5.37. The van der Waals surface area contributed by atoms with Crippen LogP contribution in [-0.4, -0.2) is 49.1 Å². The Balaban J connectivity index is 1.38. The minimum atomic E-state index is 0.0895. The SMILES string of the molecule is CCOc1ccccc1OC1CCN(C(=O)CCNC(=O)[C@@H]2C[C@H]2C)CC1. The Morgan fingerprint density at radius 1 is 1.19 bits per heavy atom. The second-order valence-electron chi connectivity index (χ2n) is 7.44. The molecule has 0 spiro atoms. The molecule has 6 heteroatoms. The monoisotopic (exact) mass is 374 g/mol. The predicted molar refractivity (Wildman–Crippen MR) is 103 cm³/mol. The van der Waals surface area contributed by atoms with Crippen molar-refractivity contribution in [1.29, 1.82) is 0 Å². The van der Waals surface area contributed by atoms with Crippen LogP contribution in [0.15, 0.2) is 24.3 Å². The first-order chi connectivity index (χ1) is 13.1. The molecule has 0 unspecified atom stereocenters. The normalized spacial score (nSPS) is 22.2. The second-order valence-corrected chi connectivity index (χ2v) is 7.44. The average molecular weight is 374 g/mol. The summed E-state index contributed by atoms with van der Waals surface area (Å²) in [6.45, 7) is 6.44. The lowest BCUT2D eigenvalue weighted by Gasteiger charge is -2.32. The van der Waals surface area contributed by atoms with Gasteiger partial charge in [0.15, 0.2) is 11.5 Å². The Kier molecular flexibility index (Phi) is 6.58. The largest absolute Gasteiger partial charge is 0.490 e. The van der Waals surface area contributed by atoms with Crippen LogP contribution in [0.25, 0.3) is 0 Å². The van der Waals surface area contributed by atoms with E-state index in [9.17, 15) is 9.59 Å². The molecule has 1 heterocycles. The predicted octanol–water partition coefficient (Wildman–Crippen LogP) is 2.62. The van der Waals surface area contributed by atoms with Gasteiger partial charge in [-0.2, -0.15) is 0 Å². The summed E-state index contributed by atoms with van der Waals surface area (Å²) in [6, 6.07) is 7.70. The van der Waals surface area contributed by atoms with E-state index in [4.69, 9.17) is 9.47 Å². The number of hydrogen-bond donors (Lipinski definition) is 1. The molecule has 0 aromatic heterocycles. The lowest BCUT2D eigenvalue weighted by Crippen LogP contribution is -2.43. The Labute approximate surface area is 161 Å². The lowest BCUT2D eigenvalue weighted by atomic mass is 10.1. The number of amides is 2. The number of carbonyl (C=O) groups is 2. The van der Waals surface area contributed by atoms with Crippen LogP contribution in [-0.2, 0) is 9.59 Å². The summed E-state index contributed by atoms with van der Waals surface area (Å²) in [4.78, 5) is 26.0. The summed E-state index contributed by atoms with van der Waals surface area (Å²) < 4.78 is 11.7. The van der Waals surface area contributed by atoms with Gasteiger partial charge in [-0.3, -0.25) is 9.59 Å². The molecular formula is C21H30N2O4. The zero-order valence-corrected chi connectivity index (χ0v) is 16.3. The van der Waals surface area contributed by atoms with Gasteiger partial charge in [0.2, 0.25) is 11.8 Å². The summed E-state index contributed by atoms with van der Waals surface area (Å²) in [5.74, 6) is 2.38. The number of rotatable bonds is 8. The lowest BCUT2D eigenvalue weighted by molar-refractivity contribution is -0.133. The van der Waals surface area contributed by atoms with Crippen LogP contribution in [0.1, 0.15) is 39.5 Å². The fraction of sp³-hybridized carbons (Fsp3) is 0.619. The van der Waals surface area contributed by atoms with Gasteiger partial charge in [0.1, 0.15) is 6.10 Å². The molecular weight excluding hydrogens is 344 g/mol. The van der Waals surface area contributed by atoms with E-state index in [0.717, 1.165) is 30.8 Å². The fourth-order valence-corrected chi connectivity index (χ4v) is 3.49. The molecule has 1 aliphatic heterocycles. The van der Waals surface area contributed by atoms with Gasteiger partial charge >= 0.3 is 0 Å². The van der Waals surface area contributed by atoms with Crippen molar-refractivity contribution in [2.75, 3.05) is 26.2 Å². The molecule has 148 valence electrons. The molecule has 27 heavy (non-hydrogen) atoms. The molecule has 2 fully saturated rings. The first-order valence-corrected chi connectivity index (χ1v) is 10.0. The van der Waals surface area contributed by atoms with Crippen LogP contribution in [0.3, 0.4) is 0 Å². The maximum Gasteiger partial charge on any atom is 0.224 e. The molecule has 2 amide bonds. The van der Waals surface area contributed by atoms with Crippen LogP contribution in [0.5, 0.6) is 11.5 Å². The van der Waals surface area contributed by atoms with Gasteiger partial charge in [0, 0.05) is 44.8 Å². The number of ether oxygens (including phenoxy) is 2. The number of benzene rings is 1. The standard InChI is InChI=1S/C21H30N2O4/c1-3-26-18-6-4-5-7-19(18)27-16-9-12-23(13-10-16)20(24)8-11-22-21(25)17-14-15(17)2/h4-7,15-17H,3,8-14H2,1-2H3,(H,22,25)/t15-,17-/m1/s1. The Hall–Kier alpha value is -2.24. The first kappa shape index (κ1) is 19.5. The molecule has 1 aliphatic carbocycles. The van der Waals surface area contributed by atoms with E-state index < -0.39 is 0 Å². The van der Waals surface area contributed by atoms with Crippen molar-refractivity contribution >= 4 is 11.8 Å². The number of carbonyl (C=O) groups excluding carboxylic acids is 2. The highest BCUT2D eigenvalue weighted by molar-refractivity contribution is 5.82. The number of hydrogen-bond acceptors (Lipinski definition) is 4. The summed E-state index contributed by atoms with van der Waals surface area (Å²) in [5, 5.41) is 2.88. The molecule has 3 rings (SSSR count). The van der Waals surface area contributed by atoms with Crippen molar-refractivity contribution in [2.45, 2.75) is 45.6 Å². The highest BCUT2D eigenvalue weighted by Crippen LogP contribution is 2.37. The summed E-state index contributed by atoms with van der Waals surface area (Å²) in [6.07, 6.45) is 3.04. The van der Waals surface area contributed by atoms with Crippen LogP contribution >= 0.6 is 0 Å². The highest BCUT2D eigenvalue weighted by atomic mass is 16.5. The third-order valence-electron chi connectivity index (χ3n) is 5.32. The van der Waals surface area contributed by atoms with Gasteiger partial charge in [0.05, 0.1) is 6.61 Å². The van der Waals surface area contributed by atoms with Crippen LogP contribution in [0.2, 0.25) is 0 Å². The van der Waals surface area contributed by atoms with E-state index in [1.165, 1.54) is 0 Å². The smallest absolute Gasteiger partial charge is 0.224 e. The van der Waals surface area contributed by atoms with Crippen molar-refractivity contribution in [3.8, 4) is 11.5 Å². The van der Waals surface area contributed by atoms with Gasteiger partial charge in [-0.05, 0) is 31.4 Å². The number of para-hydroxylation sites is 2. The zero-order chi connectivity index (χ0) is 19.2. The molecule has 0 radical (unpaired) electrons. The molecule has 2 aliphatic rings. The van der Waals surface area contributed by atoms with Crippen molar-refractivity contribution in [2.24, 2.45) is 11.8 Å². The molecule has 0 bridgehead atoms. The Morgan fingerprint density at radius 3 is 2.48 bits per heavy atom. The van der Waals surface area contributed by atoms with E-state index >= 15 is 0 Å². The Morgan fingerprint density at radius 2 is 1.85 bits per heavy atom. The Bertz CT molecular complexity index is 655. The van der Waals surface area contributed by atoms with E-state index in [1.807, 2.05) is 36.1 Å². The van der Waals surface area contributed by atoms with E-state index in [1.54, 1.807) is 0 Å². The number of likely N-dealkylation sites (tertiary alicyclic amines) is 1. The van der Waals surface area contributed by atoms with Crippen molar-refractivity contribution < 1.29 is 19.1 Å². The summed E-state index contributed by atoms with van der Waals surface area (Å²) in [7, 11) is 0. The quantitative estimate of drug-likeness (QED) is 0.760. The molecule has 1 aromatic carbocycles. The maximum atomic E-state index is 12.3. The minimum absolute atomic E-state index is 0.0895. The molecule has 6 nitrogen and oxygen atoms in total. The molecule has 1 saturated carbocycles. The fourth-order valence-electron chi connectivity index (χ4n) is 3.49. The van der Waals surface area contributed by atoms with Gasteiger partial charge in [-0.1, -0.05) is 19.1 Å². The molecule has 1 saturated heterocycles. The van der Waals surface area contributed by atoms with Gasteiger partial charge in [0.25, 0.3) is 0 Å². The number of nitrogens with one attached hydrogen (secondary N) is 1. The van der Waals surface area contributed by atoms with Gasteiger partial charge in [-0.15, -0.1) is 0 Å². The minimum Gasteiger partial charge on any atom is -0.490 e. The van der Waals surface area contributed by atoms with Crippen LogP contribution < -0.4 is 14.8 Å². The van der Waals surface area contributed by atoms with Crippen molar-refractivity contribution in [1.82, 2.24) is 10.2 Å². The van der Waals surface area contributed by atoms with E-state index in [2.05, 4.69) is 12.2 Å². The second kappa shape index (κ2) is 9.11. The van der Waals surface area contributed by atoms with E-state index in [-0.39, 0.29) is 23.8 Å². The highest BCUT2D eigenvalue weighted by Gasteiger charge is 2.38. The molecule has 1 aromatic rings. The van der Waals surface area contributed by atoms with Crippen LogP contribution in [0, 0.1) is 11.8 Å². The summed E-state index contributed by atoms with van der Waals surface area (Å²) in [5.41, 5.74) is 0. The molecule has 2 atom stereocenters. The topological polar surface area (TPSA) is 67.9 Å². The molecule has 1 N–H and O–H groups in total. The van der Waals surface area contributed by atoms with Crippen LogP contribution in [0.4, 0.5) is 0 Å². The van der Waals surface area contributed by atoms with Gasteiger partial charge < -0.3 is 19.7 Å². The van der Waals surface area contributed by atoms with E-state index in [0.29, 0.717) is 38.6 Å². The third-order valence-corrected chi connectivity index (χ3v) is 5.32. The average Bonchev–Trinajstić information content (AvgIpc) is 3.41. The first-order valence-electron chi connectivity index (χ1n) is 10.0. The zero-order valence-electron chi connectivity index (χ0n) is 16.3. The number of nitrogens with zero attached hydrogens (tertiary/aromatic N) is 1. The van der Waals surface area contributed by atoms with Crippen molar-refractivity contribution in [3.63, 3.8) is 0 Å². The maximum absolute atomic E-state index is 12.3. The van der Waals surface area contributed by atoms with Crippen molar-refractivity contribution in [3.05, 3.63) is 24.3 Å². The summed E-state index contributed by atoms with van der Waals surface area (Å²) >= 11 is 0. The number of piperidine rings is 1. The van der Waals surface area contributed by atoms with Gasteiger partial charge in [-0.25, -0.2) is 0 Å².